The Morgan fingerprint density at radius 1 is 1.00 bits per heavy atom. The molecule has 2 N–H and O–H groups in total. The fourth-order valence-electron chi connectivity index (χ4n) is 3.52. The molecule has 0 saturated heterocycles. The number of aryl methyl sites for hydroxylation is 1. The highest BCUT2D eigenvalue weighted by Gasteiger charge is 2.20. The summed E-state index contributed by atoms with van der Waals surface area (Å²) in [5.74, 6) is 1.40. The van der Waals surface area contributed by atoms with Crippen molar-refractivity contribution in [3.63, 3.8) is 0 Å². The number of ether oxygens (including phenoxy) is 3. The van der Waals surface area contributed by atoms with Gasteiger partial charge in [0.2, 0.25) is 0 Å². The van der Waals surface area contributed by atoms with E-state index in [4.69, 9.17) is 14.2 Å². The lowest BCUT2D eigenvalue weighted by Crippen LogP contribution is -2.37. The van der Waals surface area contributed by atoms with Crippen molar-refractivity contribution in [3.8, 4) is 23.0 Å². The molecule has 6 heteroatoms. The maximum Gasteiger partial charge on any atom is 0.343 e. The summed E-state index contributed by atoms with van der Waals surface area (Å²) in [5, 5.41) is 14.1. The van der Waals surface area contributed by atoms with Gasteiger partial charge in [-0.2, -0.15) is 0 Å². The van der Waals surface area contributed by atoms with Crippen molar-refractivity contribution in [1.29, 1.82) is 0 Å². The Balaban J connectivity index is 1.55. The average molecular weight is 448 g/mol. The molecule has 1 saturated carbocycles. The first-order valence-electron chi connectivity index (χ1n) is 11.2. The van der Waals surface area contributed by atoms with Crippen LogP contribution in [0.5, 0.6) is 23.0 Å². The quantitative estimate of drug-likeness (QED) is 0.347. The number of aliphatic hydroxyl groups is 1. The zero-order valence-electron chi connectivity index (χ0n) is 18.9. The summed E-state index contributed by atoms with van der Waals surface area (Å²) in [6, 6.07) is 19.9. The molecule has 0 spiro atoms. The number of rotatable bonds is 9. The van der Waals surface area contributed by atoms with Crippen LogP contribution in [0.25, 0.3) is 0 Å². The molecule has 0 aliphatic heterocycles. The van der Waals surface area contributed by atoms with Gasteiger partial charge in [-0.05, 0) is 73.9 Å². The molecule has 4 rings (SSSR count). The second-order valence-corrected chi connectivity index (χ2v) is 8.29. The molecule has 3 aromatic carbocycles. The van der Waals surface area contributed by atoms with Crippen molar-refractivity contribution in [1.82, 2.24) is 5.32 Å². The minimum Gasteiger partial charge on any atom is -0.497 e. The average Bonchev–Trinajstić information content (AvgIpc) is 2.80. The third kappa shape index (κ3) is 5.92. The number of nitrogens with one attached hydrogen (secondary N) is 1. The summed E-state index contributed by atoms with van der Waals surface area (Å²) in [7, 11) is 1.57. The van der Waals surface area contributed by atoms with Crippen LogP contribution in [-0.4, -0.2) is 30.8 Å². The van der Waals surface area contributed by atoms with E-state index < -0.39 is 12.1 Å². The number of carbonyl (C=O) groups is 1. The van der Waals surface area contributed by atoms with Crippen molar-refractivity contribution in [2.75, 3.05) is 13.7 Å². The molecule has 0 amide bonds. The van der Waals surface area contributed by atoms with E-state index >= 15 is 0 Å². The van der Waals surface area contributed by atoms with E-state index in [2.05, 4.69) is 5.32 Å². The standard InChI is InChI=1S/C27H29NO5/c1-18-6-11-23(12-7-18)32-26-16-20(24(29)17-28-21-4-3-5-21)10-15-25(26)33-27(30)19-8-13-22(31-2)14-9-19/h6-16,21,24,28-29H,3-5,17H2,1-2H3. The van der Waals surface area contributed by atoms with Gasteiger partial charge in [0.1, 0.15) is 11.5 Å². The Hall–Kier alpha value is -3.35. The Kier molecular flexibility index (Phi) is 7.27. The van der Waals surface area contributed by atoms with Gasteiger partial charge in [0, 0.05) is 12.6 Å². The molecule has 0 bridgehead atoms. The van der Waals surface area contributed by atoms with E-state index in [1.807, 2.05) is 31.2 Å². The zero-order chi connectivity index (χ0) is 23.2. The van der Waals surface area contributed by atoms with Crippen molar-refractivity contribution < 1.29 is 24.1 Å². The Morgan fingerprint density at radius 2 is 1.70 bits per heavy atom. The topological polar surface area (TPSA) is 77.0 Å². The minimum absolute atomic E-state index is 0.277. The highest BCUT2D eigenvalue weighted by atomic mass is 16.6. The van der Waals surface area contributed by atoms with E-state index in [0.717, 1.165) is 18.4 Å². The van der Waals surface area contributed by atoms with Gasteiger partial charge in [-0.15, -0.1) is 0 Å². The fourth-order valence-corrected chi connectivity index (χ4v) is 3.52. The van der Waals surface area contributed by atoms with E-state index in [0.29, 0.717) is 41.0 Å². The molecule has 0 heterocycles. The fraction of sp³-hybridized carbons (Fsp3) is 0.296. The van der Waals surface area contributed by atoms with Gasteiger partial charge in [-0.3, -0.25) is 0 Å². The predicted octanol–water partition coefficient (Wildman–Crippen LogP) is 5.19. The van der Waals surface area contributed by atoms with E-state index in [1.54, 1.807) is 49.6 Å². The number of hydrogen-bond donors (Lipinski definition) is 2. The maximum atomic E-state index is 12.7. The molecule has 1 unspecified atom stereocenters. The zero-order valence-corrected chi connectivity index (χ0v) is 18.9. The van der Waals surface area contributed by atoms with Crippen LogP contribution in [0.15, 0.2) is 66.7 Å². The van der Waals surface area contributed by atoms with Gasteiger partial charge < -0.3 is 24.6 Å². The number of carbonyl (C=O) groups excluding carboxylic acids is 1. The van der Waals surface area contributed by atoms with Crippen molar-refractivity contribution in [2.24, 2.45) is 0 Å². The minimum atomic E-state index is -0.697. The highest BCUT2D eigenvalue weighted by molar-refractivity contribution is 5.91. The van der Waals surface area contributed by atoms with Crippen LogP contribution in [0.1, 0.15) is 46.9 Å². The lowest BCUT2D eigenvalue weighted by Gasteiger charge is -2.27. The summed E-state index contributed by atoms with van der Waals surface area (Å²) in [6.45, 7) is 2.46. The molecule has 1 aliphatic rings. The normalized spacial score (nSPS) is 14.3. The lowest BCUT2D eigenvalue weighted by molar-refractivity contribution is 0.0730. The third-order valence-corrected chi connectivity index (χ3v) is 5.83. The molecule has 33 heavy (non-hydrogen) atoms. The van der Waals surface area contributed by atoms with Gasteiger partial charge in [0.25, 0.3) is 0 Å². The molecule has 1 atom stereocenters. The van der Waals surface area contributed by atoms with Crippen LogP contribution in [0.2, 0.25) is 0 Å². The first-order chi connectivity index (χ1) is 16.0. The van der Waals surface area contributed by atoms with Crippen LogP contribution < -0.4 is 19.5 Å². The summed E-state index contributed by atoms with van der Waals surface area (Å²) in [4.78, 5) is 12.7. The second-order valence-electron chi connectivity index (χ2n) is 8.29. The van der Waals surface area contributed by atoms with Gasteiger partial charge in [0.15, 0.2) is 11.5 Å². The molecule has 6 nitrogen and oxygen atoms in total. The van der Waals surface area contributed by atoms with E-state index in [9.17, 15) is 9.90 Å². The summed E-state index contributed by atoms with van der Waals surface area (Å²) < 4.78 is 16.9. The van der Waals surface area contributed by atoms with Gasteiger partial charge in [-0.25, -0.2) is 4.79 Å². The van der Waals surface area contributed by atoms with Crippen LogP contribution >= 0.6 is 0 Å². The third-order valence-electron chi connectivity index (χ3n) is 5.83. The van der Waals surface area contributed by atoms with Crippen LogP contribution in [0.3, 0.4) is 0 Å². The highest BCUT2D eigenvalue weighted by Crippen LogP contribution is 2.35. The molecular formula is C27H29NO5. The predicted molar refractivity (Wildman–Crippen MR) is 126 cm³/mol. The Morgan fingerprint density at radius 3 is 2.33 bits per heavy atom. The monoisotopic (exact) mass is 447 g/mol. The van der Waals surface area contributed by atoms with Gasteiger partial charge in [0.05, 0.1) is 18.8 Å². The van der Waals surface area contributed by atoms with E-state index in [1.165, 1.54) is 6.42 Å². The number of methoxy groups -OCH3 is 1. The van der Waals surface area contributed by atoms with E-state index in [-0.39, 0.29) is 5.75 Å². The SMILES string of the molecule is COc1ccc(C(=O)Oc2ccc(C(O)CNC3CCC3)cc2Oc2ccc(C)cc2)cc1. The van der Waals surface area contributed by atoms with Gasteiger partial charge >= 0.3 is 5.97 Å². The smallest absolute Gasteiger partial charge is 0.343 e. The Labute approximate surface area is 194 Å². The summed E-state index contributed by atoms with van der Waals surface area (Å²) in [6.07, 6.45) is 2.83. The molecule has 1 aliphatic carbocycles. The molecule has 3 aromatic rings. The molecule has 172 valence electrons. The number of hydrogen-bond acceptors (Lipinski definition) is 6. The van der Waals surface area contributed by atoms with Crippen LogP contribution in [0, 0.1) is 6.92 Å². The van der Waals surface area contributed by atoms with Crippen molar-refractivity contribution in [3.05, 3.63) is 83.4 Å². The van der Waals surface area contributed by atoms with Crippen molar-refractivity contribution in [2.45, 2.75) is 38.3 Å². The Bertz CT molecular complexity index is 1070. The first kappa shape index (κ1) is 22.8. The number of aliphatic hydroxyl groups excluding tert-OH is 1. The molecule has 1 fully saturated rings. The largest absolute Gasteiger partial charge is 0.497 e. The summed E-state index contributed by atoms with van der Waals surface area (Å²) >= 11 is 0. The summed E-state index contributed by atoms with van der Waals surface area (Å²) in [5.41, 5.74) is 2.19. The molecule has 0 radical (unpaired) electrons. The number of esters is 1. The molecule has 0 aromatic heterocycles. The number of benzene rings is 3. The lowest BCUT2D eigenvalue weighted by atomic mass is 9.93. The molecular weight excluding hydrogens is 418 g/mol. The first-order valence-corrected chi connectivity index (χ1v) is 11.2. The van der Waals surface area contributed by atoms with Crippen molar-refractivity contribution >= 4 is 5.97 Å². The van der Waals surface area contributed by atoms with Crippen LogP contribution in [0.4, 0.5) is 0 Å². The maximum absolute atomic E-state index is 12.7. The van der Waals surface area contributed by atoms with Gasteiger partial charge in [-0.1, -0.05) is 30.2 Å². The van der Waals surface area contributed by atoms with Crippen LogP contribution in [-0.2, 0) is 0 Å². The second kappa shape index (κ2) is 10.5.